The van der Waals surface area contributed by atoms with Gasteiger partial charge < -0.3 is 19.1 Å². The fraction of sp³-hybridized carbons (Fsp3) is 0.455. The largest absolute Gasteiger partial charge is 0.357 e. The van der Waals surface area contributed by atoms with E-state index in [1.54, 1.807) is 0 Å². The van der Waals surface area contributed by atoms with Gasteiger partial charge in [-0.2, -0.15) is 0 Å². The SMILES string of the molecule is [3H]P(CC(O)(OC)OC)OCc1ccccc1. The number of hydrogen-bond donors (Lipinski definition) is 1. The maximum Gasteiger partial charge on any atom is 0.285 e. The number of rotatable bonds is 7. The van der Waals surface area contributed by atoms with Crippen molar-refractivity contribution in [3.63, 3.8) is 0 Å². The summed E-state index contributed by atoms with van der Waals surface area (Å²) in [5.74, 6) is -1.73. The lowest BCUT2D eigenvalue weighted by molar-refractivity contribution is -0.324. The molecule has 5 heteroatoms. The van der Waals surface area contributed by atoms with Crippen molar-refractivity contribution in [2.45, 2.75) is 12.6 Å². The minimum atomic E-state index is -1.73. The Morgan fingerprint density at radius 1 is 1.31 bits per heavy atom. The molecule has 0 fully saturated rings. The van der Waals surface area contributed by atoms with E-state index in [-0.39, 0.29) is 6.16 Å². The zero-order valence-electron chi connectivity index (χ0n) is 10.4. The zero-order chi connectivity index (χ0) is 12.7. The van der Waals surface area contributed by atoms with E-state index in [4.69, 9.17) is 15.3 Å². The quantitative estimate of drug-likeness (QED) is 0.588. The van der Waals surface area contributed by atoms with Crippen molar-refractivity contribution >= 4 is 8.75 Å². The monoisotopic (exact) mass is 246 g/mol. The van der Waals surface area contributed by atoms with Crippen molar-refractivity contribution in [1.29, 1.82) is 1.28 Å². The molecule has 0 bridgehead atoms. The lowest BCUT2D eigenvalue weighted by Crippen LogP contribution is -2.35. The Morgan fingerprint density at radius 2 is 1.94 bits per heavy atom. The summed E-state index contributed by atoms with van der Waals surface area (Å²) in [6.07, 6.45) is -0.0117. The Balaban J connectivity index is 2.37. The van der Waals surface area contributed by atoms with E-state index < -0.39 is 14.7 Å². The van der Waals surface area contributed by atoms with Crippen molar-refractivity contribution < 1.29 is 19.1 Å². The molecule has 1 rings (SSSR count). The molecule has 1 aromatic rings. The zero-order valence-corrected chi connectivity index (χ0v) is 10.3. The third-order valence-corrected chi connectivity index (χ3v) is 2.91. The van der Waals surface area contributed by atoms with E-state index in [2.05, 4.69) is 0 Å². The second-order valence-electron chi connectivity index (χ2n) is 3.17. The molecule has 0 saturated carbocycles. The van der Waals surface area contributed by atoms with E-state index in [1.165, 1.54) is 14.2 Å². The van der Waals surface area contributed by atoms with Gasteiger partial charge in [-0.3, -0.25) is 0 Å². The first kappa shape index (κ1) is 12.0. The van der Waals surface area contributed by atoms with Crippen molar-refractivity contribution in [3.8, 4) is 0 Å². The van der Waals surface area contributed by atoms with Crippen molar-refractivity contribution in [1.82, 2.24) is 0 Å². The Hall–Kier alpha value is -0.510. The molecule has 1 atom stereocenters. The Morgan fingerprint density at radius 3 is 2.50 bits per heavy atom. The molecule has 0 aliphatic carbocycles. The molecule has 0 amide bonds. The highest BCUT2D eigenvalue weighted by Gasteiger charge is 2.25. The molecule has 4 nitrogen and oxygen atoms in total. The molecule has 1 aromatic carbocycles. The van der Waals surface area contributed by atoms with Gasteiger partial charge in [0.25, 0.3) is 5.97 Å². The maximum atomic E-state index is 9.67. The van der Waals surface area contributed by atoms with Crippen molar-refractivity contribution in [2.75, 3.05) is 20.4 Å². The molecule has 1 unspecified atom stereocenters. The molecule has 90 valence electrons. The van der Waals surface area contributed by atoms with Crippen LogP contribution in [0.15, 0.2) is 30.3 Å². The van der Waals surface area contributed by atoms with Gasteiger partial charge in [0.15, 0.2) is 0 Å². The summed E-state index contributed by atoms with van der Waals surface area (Å²) < 4.78 is 22.6. The van der Waals surface area contributed by atoms with Crippen LogP contribution in [0.4, 0.5) is 0 Å². The van der Waals surface area contributed by atoms with Crippen molar-refractivity contribution in [3.05, 3.63) is 35.9 Å². The van der Waals surface area contributed by atoms with Crippen LogP contribution in [0.25, 0.3) is 0 Å². The van der Waals surface area contributed by atoms with E-state index >= 15 is 0 Å². The van der Waals surface area contributed by atoms with E-state index in [0.29, 0.717) is 6.61 Å². The van der Waals surface area contributed by atoms with Crippen LogP contribution in [0.3, 0.4) is 0 Å². The number of hydrogen-bond acceptors (Lipinski definition) is 4. The summed E-state index contributed by atoms with van der Waals surface area (Å²) in [4.78, 5) is 0. The van der Waals surface area contributed by atoms with Crippen LogP contribution in [0.2, 0.25) is 0 Å². The van der Waals surface area contributed by atoms with Gasteiger partial charge >= 0.3 is 0 Å². The average Bonchev–Trinajstić information content (AvgIpc) is 2.37. The van der Waals surface area contributed by atoms with Gasteiger partial charge in [0.1, 0.15) is 0 Å². The highest BCUT2D eigenvalue weighted by molar-refractivity contribution is 7.32. The smallest absolute Gasteiger partial charge is 0.285 e. The predicted octanol–water partition coefficient (Wildman–Crippen LogP) is 1.74. The van der Waals surface area contributed by atoms with Gasteiger partial charge in [0.05, 0.1) is 14.0 Å². The van der Waals surface area contributed by atoms with Gasteiger partial charge in [-0.05, 0) is 5.56 Å². The summed E-state index contributed by atoms with van der Waals surface area (Å²) in [5.41, 5.74) is 0.991. The molecule has 0 spiro atoms. The molecular weight excluding hydrogens is 227 g/mol. The molecule has 0 saturated heterocycles. The molecule has 0 heterocycles. The lowest BCUT2D eigenvalue weighted by Gasteiger charge is -2.23. The fourth-order valence-corrected chi connectivity index (χ4v) is 1.79. The van der Waals surface area contributed by atoms with E-state index in [1.807, 2.05) is 30.3 Å². The van der Waals surface area contributed by atoms with Crippen LogP contribution in [0.5, 0.6) is 0 Å². The number of methoxy groups -OCH3 is 2. The summed E-state index contributed by atoms with van der Waals surface area (Å²) in [5, 5.41) is 9.67. The second kappa shape index (κ2) is 6.94. The highest BCUT2D eigenvalue weighted by atomic mass is 31.1. The van der Waals surface area contributed by atoms with E-state index in [9.17, 15) is 5.11 Å². The maximum absolute atomic E-state index is 9.67. The minimum absolute atomic E-state index is 0.0117. The van der Waals surface area contributed by atoms with Gasteiger partial charge in [-0.15, -0.1) is 0 Å². The summed E-state index contributed by atoms with van der Waals surface area (Å²) >= 11 is 0. The Bertz CT molecular complexity index is 319. The van der Waals surface area contributed by atoms with Gasteiger partial charge in [0, 0.05) is 23.0 Å². The van der Waals surface area contributed by atoms with Crippen LogP contribution in [0.1, 0.15) is 5.56 Å². The van der Waals surface area contributed by atoms with Crippen LogP contribution in [-0.4, -0.2) is 32.7 Å². The fourth-order valence-electron chi connectivity index (χ4n) is 1.03. The minimum Gasteiger partial charge on any atom is -0.357 e. The number of benzene rings is 1. The van der Waals surface area contributed by atoms with Crippen LogP contribution in [0, 0.1) is 0 Å². The first-order chi connectivity index (χ1) is 8.09. The normalized spacial score (nSPS) is 14.6. The van der Waals surface area contributed by atoms with Gasteiger partial charge in [-0.1, -0.05) is 30.3 Å². The molecule has 16 heavy (non-hydrogen) atoms. The molecule has 0 radical (unpaired) electrons. The number of aliphatic hydroxyl groups is 1. The Labute approximate surface area is 98.7 Å². The lowest BCUT2D eigenvalue weighted by atomic mass is 10.2. The Kier molecular flexibility index (Phi) is 5.19. The summed E-state index contributed by atoms with van der Waals surface area (Å²) in [7, 11) is 1.09. The molecule has 0 aliphatic heterocycles. The first-order valence-electron chi connectivity index (χ1n) is 5.30. The predicted molar refractivity (Wildman–Crippen MR) is 63.4 cm³/mol. The molecule has 1 N–H and O–H groups in total. The molecule has 0 aliphatic rings. The van der Waals surface area contributed by atoms with E-state index in [0.717, 1.165) is 5.56 Å². The topological polar surface area (TPSA) is 47.9 Å². The van der Waals surface area contributed by atoms with Crippen molar-refractivity contribution in [2.24, 2.45) is 0 Å². The van der Waals surface area contributed by atoms with Crippen LogP contribution >= 0.6 is 8.75 Å². The van der Waals surface area contributed by atoms with Gasteiger partial charge in [0.2, 0.25) is 0 Å². The number of ether oxygens (including phenoxy) is 2. The summed E-state index contributed by atoms with van der Waals surface area (Å²) in [6.45, 7) is 0.347. The highest BCUT2D eigenvalue weighted by Crippen LogP contribution is 2.22. The third-order valence-electron chi connectivity index (χ3n) is 2.07. The second-order valence-corrected chi connectivity index (χ2v) is 4.00. The molecular formula is C11H17O4P. The first-order valence-corrected chi connectivity index (χ1v) is 5.85. The average molecular weight is 246 g/mol. The van der Waals surface area contributed by atoms with Crippen LogP contribution in [-0.2, 0) is 20.6 Å². The molecule has 0 aromatic heterocycles. The summed E-state index contributed by atoms with van der Waals surface area (Å²) in [6, 6.07) is 9.57. The van der Waals surface area contributed by atoms with Gasteiger partial charge in [-0.25, -0.2) is 0 Å². The third kappa shape index (κ3) is 4.56. The standard InChI is InChI=1S/C11H17O4P/c1-13-11(12,14-2)9-16-15-8-10-6-4-3-5-7-10/h3-7,12,16H,8-9H2,1-2H3/i16T. The van der Waals surface area contributed by atoms with Crippen LogP contribution < -0.4 is 0 Å².